The van der Waals surface area contributed by atoms with Gasteiger partial charge in [0.2, 0.25) is 11.8 Å². The Kier molecular flexibility index (Phi) is 5.67. The van der Waals surface area contributed by atoms with Crippen LogP contribution in [0.5, 0.6) is 0 Å². The van der Waals surface area contributed by atoms with Gasteiger partial charge in [-0.2, -0.15) is 0 Å². The van der Waals surface area contributed by atoms with Crippen LogP contribution in [0.1, 0.15) is 44.7 Å². The molecule has 0 aromatic heterocycles. The zero-order valence-electron chi connectivity index (χ0n) is 14.8. The van der Waals surface area contributed by atoms with E-state index in [2.05, 4.69) is 10.0 Å². The summed E-state index contributed by atoms with van der Waals surface area (Å²) in [7, 11) is -3.86. The van der Waals surface area contributed by atoms with Crippen molar-refractivity contribution in [2.45, 2.75) is 40.0 Å². The lowest BCUT2D eigenvalue weighted by atomic mass is 9.96. The van der Waals surface area contributed by atoms with Crippen molar-refractivity contribution in [3.05, 3.63) is 40.3 Å². The number of carbonyl (C=O) groups is 2. The fraction of sp³-hybridized carbons (Fsp3) is 0.444. The summed E-state index contributed by atoms with van der Waals surface area (Å²) in [5.74, 6) is -0.816. The highest BCUT2D eigenvalue weighted by molar-refractivity contribution is 7.94. The number of allylic oxidation sites excluding steroid dienone is 1. The topological polar surface area (TPSA) is 92.3 Å². The lowest BCUT2D eigenvalue weighted by Gasteiger charge is -2.18. The Hall–Kier alpha value is -2.15. The minimum absolute atomic E-state index is 0.0923. The summed E-state index contributed by atoms with van der Waals surface area (Å²) in [4.78, 5) is 23.8. The average Bonchev–Trinajstić information content (AvgIpc) is 2.53. The van der Waals surface area contributed by atoms with E-state index in [4.69, 9.17) is 0 Å². The van der Waals surface area contributed by atoms with Crippen molar-refractivity contribution in [1.29, 1.82) is 0 Å². The number of benzene rings is 1. The Bertz CT molecular complexity index is 805. The van der Waals surface area contributed by atoms with E-state index in [1.807, 2.05) is 24.3 Å². The number of rotatable bonds is 5. The fourth-order valence-electron chi connectivity index (χ4n) is 2.44. The smallest absolute Gasteiger partial charge is 0.260 e. The quantitative estimate of drug-likeness (QED) is 0.835. The van der Waals surface area contributed by atoms with E-state index in [1.165, 1.54) is 0 Å². The summed E-state index contributed by atoms with van der Waals surface area (Å²) >= 11 is 0. The average molecular weight is 364 g/mol. The lowest BCUT2D eigenvalue weighted by Crippen LogP contribution is -2.38. The number of hydrogen-bond donors (Lipinski definition) is 2. The molecule has 0 saturated heterocycles. The number of sulfonamides is 1. The largest absolute Gasteiger partial charge is 0.355 e. The maximum Gasteiger partial charge on any atom is 0.260 e. The van der Waals surface area contributed by atoms with Crippen LogP contribution in [0, 0.1) is 5.41 Å². The van der Waals surface area contributed by atoms with E-state index >= 15 is 0 Å². The molecule has 0 atom stereocenters. The van der Waals surface area contributed by atoms with E-state index in [1.54, 1.807) is 26.8 Å². The fourth-order valence-corrected chi connectivity index (χ4v) is 3.63. The first-order valence-electron chi connectivity index (χ1n) is 8.22. The van der Waals surface area contributed by atoms with Gasteiger partial charge in [0.25, 0.3) is 10.0 Å². The maximum absolute atomic E-state index is 12.4. The first-order valence-corrected chi connectivity index (χ1v) is 9.70. The van der Waals surface area contributed by atoms with Crippen molar-refractivity contribution >= 4 is 27.9 Å². The van der Waals surface area contributed by atoms with Gasteiger partial charge < -0.3 is 5.32 Å². The third-order valence-corrected chi connectivity index (χ3v) is 5.43. The van der Waals surface area contributed by atoms with E-state index in [-0.39, 0.29) is 23.8 Å². The van der Waals surface area contributed by atoms with Crippen molar-refractivity contribution in [3.63, 3.8) is 0 Å². The molecule has 0 aliphatic heterocycles. The Morgan fingerprint density at radius 2 is 1.80 bits per heavy atom. The number of nitrogens with one attached hydrogen (secondary N) is 2. The second kappa shape index (κ2) is 7.39. The normalized spacial score (nSPS) is 14.3. The van der Waals surface area contributed by atoms with Crippen LogP contribution in [0.4, 0.5) is 0 Å². The Balaban J connectivity index is 1.94. The zero-order chi connectivity index (χ0) is 18.7. The van der Waals surface area contributed by atoms with Crippen LogP contribution in [0.2, 0.25) is 0 Å². The predicted octanol–water partition coefficient (Wildman–Crippen LogP) is 1.97. The summed E-state index contributed by atoms with van der Waals surface area (Å²) in [6.07, 6.45) is 2.50. The lowest BCUT2D eigenvalue weighted by molar-refractivity contribution is -0.128. The highest BCUT2D eigenvalue weighted by Crippen LogP contribution is 2.26. The molecular formula is C18H24N2O4S. The van der Waals surface area contributed by atoms with E-state index in [9.17, 15) is 18.0 Å². The van der Waals surface area contributed by atoms with Gasteiger partial charge in [-0.05, 0) is 30.0 Å². The molecule has 0 unspecified atom stereocenters. The molecule has 1 aliphatic rings. The second-order valence-electron chi connectivity index (χ2n) is 7.09. The molecular weight excluding hydrogens is 340 g/mol. The Labute approximate surface area is 148 Å². The van der Waals surface area contributed by atoms with Gasteiger partial charge in [0, 0.05) is 18.4 Å². The maximum atomic E-state index is 12.4. The van der Waals surface area contributed by atoms with Crippen molar-refractivity contribution in [3.8, 4) is 0 Å². The van der Waals surface area contributed by atoms with Gasteiger partial charge in [-0.15, -0.1) is 0 Å². The SMILES string of the molecule is CC(C)(C)C(=O)NCCC(=O)NS(=O)(=O)C1=Cc2ccccc2CC1. The molecule has 0 saturated carbocycles. The zero-order valence-corrected chi connectivity index (χ0v) is 15.6. The van der Waals surface area contributed by atoms with Crippen molar-refractivity contribution in [2.75, 3.05) is 6.54 Å². The Morgan fingerprint density at radius 3 is 2.48 bits per heavy atom. The highest BCUT2D eigenvalue weighted by atomic mass is 32.2. The Morgan fingerprint density at radius 1 is 1.12 bits per heavy atom. The molecule has 136 valence electrons. The molecule has 0 fully saturated rings. The summed E-state index contributed by atoms with van der Waals surface area (Å²) in [5, 5.41) is 2.62. The third kappa shape index (κ3) is 5.16. The number of aryl methyl sites for hydroxylation is 1. The van der Waals surface area contributed by atoms with Gasteiger partial charge in [0.15, 0.2) is 0 Å². The molecule has 2 amide bonds. The van der Waals surface area contributed by atoms with Gasteiger partial charge in [0.1, 0.15) is 0 Å². The molecule has 0 heterocycles. The van der Waals surface area contributed by atoms with Crippen LogP contribution in [0.3, 0.4) is 0 Å². The van der Waals surface area contributed by atoms with Crippen LogP contribution >= 0.6 is 0 Å². The van der Waals surface area contributed by atoms with Gasteiger partial charge in [0.05, 0.1) is 4.91 Å². The van der Waals surface area contributed by atoms with Crippen molar-refractivity contribution in [2.24, 2.45) is 5.41 Å². The molecule has 0 radical (unpaired) electrons. The first kappa shape index (κ1) is 19.2. The van der Waals surface area contributed by atoms with E-state index in [0.717, 1.165) is 11.1 Å². The molecule has 2 N–H and O–H groups in total. The van der Waals surface area contributed by atoms with Gasteiger partial charge in [-0.3, -0.25) is 9.59 Å². The van der Waals surface area contributed by atoms with Crippen molar-refractivity contribution in [1.82, 2.24) is 10.0 Å². The minimum atomic E-state index is -3.86. The van der Waals surface area contributed by atoms with Crippen LogP contribution in [-0.4, -0.2) is 26.8 Å². The number of carbonyl (C=O) groups excluding carboxylic acids is 2. The summed E-state index contributed by atoms with van der Waals surface area (Å²) in [6, 6.07) is 7.58. The molecule has 25 heavy (non-hydrogen) atoms. The monoisotopic (exact) mass is 364 g/mol. The molecule has 1 aliphatic carbocycles. The molecule has 0 bridgehead atoms. The van der Waals surface area contributed by atoms with Crippen LogP contribution in [-0.2, 0) is 26.0 Å². The molecule has 0 spiro atoms. The van der Waals surface area contributed by atoms with Gasteiger partial charge in [-0.1, -0.05) is 45.0 Å². The van der Waals surface area contributed by atoms with E-state index < -0.39 is 21.3 Å². The molecule has 1 aromatic rings. The molecule has 7 heteroatoms. The second-order valence-corrected chi connectivity index (χ2v) is 8.83. The van der Waals surface area contributed by atoms with Crippen LogP contribution in [0.15, 0.2) is 29.2 Å². The number of amides is 2. The predicted molar refractivity (Wildman–Crippen MR) is 96.9 cm³/mol. The molecule has 1 aromatic carbocycles. The standard InChI is InChI=1S/C18H24N2O4S/c1-18(2,3)17(22)19-11-10-16(21)20-25(23,24)15-9-8-13-6-4-5-7-14(13)12-15/h4-7,12H,8-11H2,1-3H3,(H,19,22)(H,20,21). The van der Waals surface area contributed by atoms with Crippen molar-refractivity contribution < 1.29 is 18.0 Å². The summed E-state index contributed by atoms with van der Waals surface area (Å²) in [6.45, 7) is 5.39. The number of fused-ring (bicyclic) bond motifs is 1. The van der Waals surface area contributed by atoms with E-state index in [0.29, 0.717) is 12.8 Å². The minimum Gasteiger partial charge on any atom is -0.355 e. The first-order chi connectivity index (χ1) is 11.6. The van der Waals surface area contributed by atoms with Crippen LogP contribution in [0.25, 0.3) is 6.08 Å². The molecule has 2 rings (SSSR count). The van der Waals surface area contributed by atoms with Gasteiger partial charge in [-0.25, -0.2) is 13.1 Å². The molecule has 6 nitrogen and oxygen atoms in total. The van der Waals surface area contributed by atoms with Crippen LogP contribution < -0.4 is 10.0 Å². The summed E-state index contributed by atoms with van der Waals surface area (Å²) < 4.78 is 26.8. The number of hydrogen-bond acceptors (Lipinski definition) is 4. The highest BCUT2D eigenvalue weighted by Gasteiger charge is 2.24. The third-order valence-electron chi connectivity index (χ3n) is 3.92. The summed E-state index contributed by atoms with van der Waals surface area (Å²) in [5.41, 5.74) is 1.40. The van der Waals surface area contributed by atoms with Gasteiger partial charge >= 0.3 is 0 Å².